The number of piperazine rings is 1. The molecule has 2 unspecified atom stereocenters. The van der Waals surface area contributed by atoms with Gasteiger partial charge in [0.05, 0.1) is 4.90 Å². The lowest BCUT2D eigenvalue weighted by Gasteiger charge is -2.38. The minimum absolute atomic E-state index is 0.0723. The van der Waals surface area contributed by atoms with Crippen LogP contribution in [0.1, 0.15) is 48.5 Å². The van der Waals surface area contributed by atoms with Crippen molar-refractivity contribution < 1.29 is 22.2 Å². The maximum Gasteiger partial charge on any atom is 0.446 e. The zero-order valence-electron chi connectivity index (χ0n) is 25.8. The second kappa shape index (κ2) is 15.3. The first-order valence-corrected chi connectivity index (χ1v) is 17.7. The number of alkyl halides is 3. The Bertz CT molecular complexity index is 1570. The smallest absolute Gasteiger partial charge is 0.387 e. The summed E-state index contributed by atoms with van der Waals surface area (Å²) in [5.74, 6) is 0.158. The Labute approximate surface area is 280 Å². The molecular weight excluding hydrogens is 653 g/mol. The molecule has 2 N–H and O–H groups in total. The molecule has 3 aromatic rings. The average molecular weight is 691 g/mol. The molecule has 1 heterocycles. The summed E-state index contributed by atoms with van der Waals surface area (Å²) < 4.78 is 54.2. The third-order valence-electron chi connectivity index (χ3n) is 8.66. The van der Waals surface area contributed by atoms with Gasteiger partial charge >= 0.3 is 5.51 Å². The fraction of sp³-hybridized carbons (Fsp3) is 0.382. The molecule has 1 aliphatic heterocycles. The number of allylic oxidation sites excluding steroid dienone is 1. The second-order valence-corrected chi connectivity index (χ2v) is 14.3. The standard InChI is InChI=1S/C34H38ClF3N4O2S2/c1-3-23-4-14-30(24-5-9-27(35)10-6-24)26(20-23)22-41-16-18-42(19-17-41)28-11-7-25(8-12-28)33(43)40-46(44)29-13-15-31(39-2)32(21-29)45-34(36,37)38/h5-13,15,21,23,39H,3-4,14,16-20,22H2,1-2H3,(H,40,43). The van der Waals surface area contributed by atoms with Crippen LogP contribution >= 0.6 is 23.4 Å². The van der Waals surface area contributed by atoms with Crippen LogP contribution in [0.4, 0.5) is 24.5 Å². The normalized spacial score (nSPS) is 18.4. The SMILES string of the molecule is CCC1CCC(c2ccc(Cl)cc2)=C(CN2CCN(c3ccc(C(=O)NS(=O)c4ccc(NC)c(SC(F)(F)F)c4)cc3)CC2)C1. The molecule has 0 spiro atoms. The van der Waals surface area contributed by atoms with Crippen molar-refractivity contribution in [1.29, 1.82) is 0 Å². The number of anilines is 2. The van der Waals surface area contributed by atoms with Gasteiger partial charge in [0, 0.05) is 66.6 Å². The van der Waals surface area contributed by atoms with E-state index in [1.807, 2.05) is 24.3 Å². The predicted molar refractivity (Wildman–Crippen MR) is 183 cm³/mol. The predicted octanol–water partition coefficient (Wildman–Crippen LogP) is 8.23. The van der Waals surface area contributed by atoms with Crippen molar-refractivity contribution in [2.45, 2.75) is 47.9 Å². The van der Waals surface area contributed by atoms with Crippen LogP contribution in [0.3, 0.4) is 0 Å². The molecule has 0 bridgehead atoms. The van der Waals surface area contributed by atoms with Gasteiger partial charge in [-0.15, -0.1) is 0 Å². The quantitative estimate of drug-likeness (QED) is 0.209. The fourth-order valence-electron chi connectivity index (χ4n) is 6.10. The Kier molecular flexibility index (Phi) is 11.4. The molecule has 5 rings (SSSR count). The number of benzene rings is 3. The Hall–Kier alpha value is -2.99. The van der Waals surface area contributed by atoms with Crippen LogP contribution in [0, 0.1) is 5.92 Å². The molecule has 1 aliphatic carbocycles. The van der Waals surface area contributed by atoms with Gasteiger partial charge in [-0.25, -0.2) is 4.21 Å². The molecule has 2 aliphatic rings. The number of carbonyl (C=O) groups is 1. The van der Waals surface area contributed by atoms with Gasteiger partial charge in [0.2, 0.25) is 0 Å². The fourth-order valence-corrected chi connectivity index (χ4v) is 7.84. The lowest BCUT2D eigenvalue weighted by Crippen LogP contribution is -2.47. The minimum atomic E-state index is -4.50. The van der Waals surface area contributed by atoms with Crippen molar-refractivity contribution in [3.05, 3.63) is 88.5 Å². The topological polar surface area (TPSA) is 64.7 Å². The number of nitrogens with one attached hydrogen (secondary N) is 2. The van der Waals surface area contributed by atoms with Gasteiger partial charge in [0.15, 0.2) is 11.0 Å². The van der Waals surface area contributed by atoms with Gasteiger partial charge in [0.1, 0.15) is 0 Å². The van der Waals surface area contributed by atoms with Crippen molar-refractivity contribution in [2.75, 3.05) is 50.0 Å². The molecule has 1 fully saturated rings. The maximum atomic E-state index is 13.0. The van der Waals surface area contributed by atoms with E-state index in [0.29, 0.717) is 5.56 Å². The Morgan fingerprint density at radius 3 is 2.35 bits per heavy atom. The molecule has 2 atom stereocenters. The summed E-state index contributed by atoms with van der Waals surface area (Å²) in [6, 6.07) is 19.3. The van der Waals surface area contributed by atoms with E-state index in [0.717, 1.165) is 62.2 Å². The van der Waals surface area contributed by atoms with Crippen LogP contribution in [0.25, 0.3) is 5.57 Å². The van der Waals surface area contributed by atoms with Crippen molar-refractivity contribution in [2.24, 2.45) is 5.92 Å². The molecule has 0 aromatic heterocycles. The van der Waals surface area contributed by atoms with E-state index >= 15 is 0 Å². The summed E-state index contributed by atoms with van der Waals surface area (Å²) in [4.78, 5) is 17.6. The highest BCUT2D eigenvalue weighted by atomic mass is 35.5. The van der Waals surface area contributed by atoms with E-state index < -0.39 is 22.4 Å². The average Bonchev–Trinajstić information content (AvgIpc) is 3.05. The molecule has 6 nitrogen and oxygen atoms in total. The second-order valence-electron chi connectivity index (χ2n) is 11.6. The highest BCUT2D eigenvalue weighted by Gasteiger charge is 2.31. The number of hydrogen-bond donors (Lipinski definition) is 2. The molecule has 1 saturated heterocycles. The first-order valence-electron chi connectivity index (χ1n) is 15.4. The van der Waals surface area contributed by atoms with Gasteiger partial charge in [-0.1, -0.05) is 42.7 Å². The first kappa shape index (κ1) is 34.3. The first-order chi connectivity index (χ1) is 22.0. The lowest BCUT2D eigenvalue weighted by atomic mass is 9.80. The number of halogens is 4. The van der Waals surface area contributed by atoms with E-state index in [1.54, 1.807) is 12.1 Å². The lowest BCUT2D eigenvalue weighted by molar-refractivity contribution is -0.0328. The number of carbonyl (C=O) groups excluding carboxylic acids is 1. The highest BCUT2D eigenvalue weighted by molar-refractivity contribution is 8.00. The Morgan fingerprint density at radius 2 is 1.72 bits per heavy atom. The van der Waals surface area contributed by atoms with Gasteiger partial charge in [0.25, 0.3) is 5.91 Å². The minimum Gasteiger partial charge on any atom is -0.387 e. The molecule has 0 radical (unpaired) electrons. The van der Waals surface area contributed by atoms with Gasteiger partial charge in [-0.3, -0.25) is 14.4 Å². The number of amides is 1. The molecule has 246 valence electrons. The van der Waals surface area contributed by atoms with Gasteiger partial charge in [-0.05, 0) is 103 Å². The summed E-state index contributed by atoms with van der Waals surface area (Å²) >= 11 is 5.86. The summed E-state index contributed by atoms with van der Waals surface area (Å²) in [5.41, 5.74) is 1.35. The zero-order valence-corrected chi connectivity index (χ0v) is 28.2. The van der Waals surface area contributed by atoms with E-state index in [4.69, 9.17) is 11.6 Å². The van der Waals surface area contributed by atoms with Crippen molar-refractivity contribution in [1.82, 2.24) is 9.62 Å². The molecule has 1 amide bonds. The molecule has 46 heavy (non-hydrogen) atoms. The van der Waals surface area contributed by atoms with E-state index in [1.165, 1.54) is 54.8 Å². The largest absolute Gasteiger partial charge is 0.446 e. The van der Waals surface area contributed by atoms with Crippen LogP contribution in [-0.2, 0) is 11.0 Å². The van der Waals surface area contributed by atoms with Crippen LogP contribution in [0.2, 0.25) is 5.02 Å². The van der Waals surface area contributed by atoms with Crippen molar-refractivity contribution in [3.63, 3.8) is 0 Å². The monoisotopic (exact) mass is 690 g/mol. The van der Waals surface area contributed by atoms with Gasteiger partial charge < -0.3 is 10.2 Å². The van der Waals surface area contributed by atoms with Crippen LogP contribution < -0.4 is 14.9 Å². The summed E-state index contributed by atoms with van der Waals surface area (Å²) in [7, 11) is -0.526. The van der Waals surface area contributed by atoms with E-state index in [9.17, 15) is 22.2 Å². The number of hydrogen-bond acceptors (Lipinski definition) is 6. The molecular formula is C34H38ClF3N4O2S2. The number of thioether (sulfide) groups is 1. The highest BCUT2D eigenvalue weighted by Crippen LogP contribution is 2.41. The summed E-state index contributed by atoms with van der Waals surface area (Å²) in [6.07, 6.45) is 4.66. The Morgan fingerprint density at radius 1 is 1.02 bits per heavy atom. The molecule has 3 aromatic carbocycles. The maximum absolute atomic E-state index is 13.0. The third-order valence-corrected chi connectivity index (χ3v) is 10.8. The summed E-state index contributed by atoms with van der Waals surface area (Å²) in [5, 5.41) is 3.45. The van der Waals surface area contributed by atoms with Crippen molar-refractivity contribution in [3.8, 4) is 0 Å². The zero-order chi connectivity index (χ0) is 32.8. The third kappa shape index (κ3) is 8.87. The Balaban J connectivity index is 1.18. The van der Waals surface area contributed by atoms with E-state index in [-0.39, 0.29) is 27.2 Å². The molecule has 12 heteroatoms. The van der Waals surface area contributed by atoms with Gasteiger partial charge in [-0.2, -0.15) is 13.2 Å². The summed E-state index contributed by atoms with van der Waals surface area (Å²) in [6.45, 7) is 6.82. The van der Waals surface area contributed by atoms with Crippen LogP contribution in [0.15, 0.2) is 82.1 Å². The van der Waals surface area contributed by atoms with Crippen LogP contribution in [0.5, 0.6) is 0 Å². The van der Waals surface area contributed by atoms with Crippen LogP contribution in [-0.4, -0.2) is 60.3 Å². The van der Waals surface area contributed by atoms with Crippen molar-refractivity contribution >= 4 is 57.2 Å². The van der Waals surface area contributed by atoms with E-state index in [2.05, 4.69) is 38.9 Å². The number of rotatable bonds is 10. The number of nitrogens with zero attached hydrogens (tertiary/aromatic N) is 2. The molecule has 0 saturated carbocycles.